The highest BCUT2D eigenvalue weighted by Gasteiger charge is 2.37. The summed E-state index contributed by atoms with van der Waals surface area (Å²) in [4.78, 5) is 23.2. The number of carboxylic acids is 1. The Bertz CT molecular complexity index is 1200. The van der Waals surface area contributed by atoms with Gasteiger partial charge in [0.1, 0.15) is 17.9 Å². The third kappa shape index (κ3) is 7.64. The van der Waals surface area contributed by atoms with Gasteiger partial charge in [0.25, 0.3) is 0 Å². The monoisotopic (exact) mass is 530 g/mol. The van der Waals surface area contributed by atoms with E-state index in [1.54, 1.807) is 6.92 Å². The van der Waals surface area contributed by atoms with Crippen molar-refractivity contribution < 1.29 is 32.3 Å². The molecule has 4 rings (SSSR count). The number of nitrogens with zero attached hydrogens (tertiary/aromatic N) is 1. The summed E-state index contributed by atoms with van der Waals surface area (Å²) in [5.74, 6) is -7.10. The summed E-state index contributed by atoms with van der Waals surface area (Å²) >= 11 is 0. The van der Waals surface area contributed by atoms with E-state index in [2.05, 4.69) is 53.8 Å². The normalized spacial score (nSPS) is 16.6. The molecule has 1 fully saturated rings. The molecule has 0 amide bonds. The number of carboxylic acid groups (broad SMARTS) is 1. The number of alkyl halides is 1. The lowest BCUT2D eigenvalue weighted by molar-refractivity contribution is -0.135. The van der Waals surface area contributed by atoms with Crippen molar-refractivity contribution in [3.8, 4) is 0 Å². The average molecular weight is 531 g/mol. The van der Waals surface area contributed by atoms with Gasteiger partial charge in [-0.3, -0.25) is 14.0 Å². The Labute approximate surface area is 219 Å². The van der Waals surface area contributed by atoms with E-state index in [1.165, 1.54) is 16.0 Å². The van der Waals surface area contributed by atoms with Crippen molar-refractivity contribution in [2.45, 2.75) is 32.9 Å². The first-order valence-corrected chi connectivity index (χ1v) is 12.2. The number of anilines is 1. The number of hydrogen-bond acceptors (Lipinski definition) is 4. The molecule has 0 bridgehead atoms. The van der Waals surface area contributed by atoms with Gasteiger partial charge in [-0.25, -0.2) is 13.2 Å². The van der Waals surface area contributed by atoms with Crippen LogP contribution in [0.5, 0.6) is 0 Å². The SMILES string of the molecule is CC1(CF)CCN(c2c(F)cc(C(=O)CC(=O)O)c(F)c2F)C1.c1ccc(CNCc2ccccc2)cc1. The molecule has 3 aromatic carbocycles. The summed E-state index contributed by atoms with van der Waals surface area (Å²) in [6.07, 6.45) is -0.720. The van der Waals surface area contributed by atoms with E-state index in [0.29, 0.717) is 12.5 Å². The molecule has 2 N–H and O–H groups in total. The van der Waals surface area contributed by atoms with Gasteiger partial charge in [0, 0.05) is 31.6 Å². The number of benzene rings is 3. The smallest absolute Gasteiger partial charge is 0.311 e. The summed E-state index contributed by atoms with van der Waals surface area (Å²) in [5.41, 5.74) is 0.277. The van der Waals surface area contributed by atoms with Gasteiger partial charge in [-0.1, -0.05) is 67.6 Å². The number of halogens is 4. The third-order valence-corrected chi connectivity index (χ3v) is 6.29. The van der Waals surface area contributed by atoms with Crippen LogP contribution in [0.4, 0.5) is 23.2 Å². The Balaban J connectivity index is 0.000000230. The van der Waals surface area contributed by atoms with Gasteiger partial charge in [0.05, 0.1) is 12.2 Å². The maximum absolute atomic E-state index is 14.2. The molecule has 1 saturated heterocycles. The van der Waals surface area contributed by atoms with Crippen molar-refractivity contribution in [1.82, 2.24) is 5.32 Å². The Hall–Kier alpha value is -3.72. The number of Topliss-reactive ketones (excluding diaryl/α,β-unsaturated/α-hetero) is 1. The first-order valence-electron chi connectivity index (χ1n) is 12.2. The van der Waals surface area contributed by atoms with Crippen LogP contribution in [0.25, 0.3) is 0 Å². The van der Waals surface area contributed by atoms with E-state index in [9.17, 15) is 27.2 Å². The summed E-state index contributed by atoms with van der Waals surface area (Å²) in [7, 11) is 0. The van der Waals surface area contributed by atoms with E-state index < -0.39 is 59.0 Å². The van der Waals surface area contributed by atoms with Crippen molar-refractivity contribution >= 4 is 17.4 Å². The Morgan fingerprint density at radius 1 is 0.947 bits per heavy atom. The number of nitrogens with one attached hydrogen (secondary N) is 1. The van der Waals surface area contributed by atoms with Gasteiger partial charge in [-0.05, 0) is 23.6 Å². The first-order chi connectivity index (χ1) is 18.1. The zero-order valence-electron chi connectivity index (χ0n) is 21.0. The Morgan fingerprint density at radius 2 is 1.50 bits per heavy atom. The van der Waals surface area contributed by atoms with Crippen LogP contribution in [-0.2, 0) is 17.9 Å². The molecule has 3 aromatic rings. The Kier molecular flexibility index (Phi) is 10.0. The number of carbonyl (C=O) groups excluding carboxylic acids is 1. The predicted molar refractivity (Wildman–Crippen MR) is 137 cm³/mol. The topological polar surface area (TPSA) is 69.6 Å². The molecule has 5 nitrogen and oxygen atoms in total. The molecule has 38 heavy (non-hydrogen) atoms. The van der Waals surface area contributed by atoms with E-state index >= 15 is 0 Å². The largest absolute Gasteiger partial charge is 0.481 e. The van der Waals surface area contributed by atoms with E-state index in [0.717, 1.165) is 13.1 Å². The molecule has 0 radical (unpaired) electrons. The molecule has 202 valence electrons. The number of carbonyl (C=O) groups is 2. The molecule has 0 aliphatic carbocycles. The van der Waals surface area contributed by atoms with Crippen molar-refractivity contribution in [2.75, 3.05) is 24.7 Å². The standard InChI is InChI=1S/C15H15F4NO3.C14H15N/c1-15(6-16)2-3-20(7-15)14-9(17)4-8(12(18)13(14)19)10(21)5-11(22)23;1-3-7-13(8-4-1)11-15-12-14-9-5-2-6-10-14/h4H,2-3,5-7H2,1H3,(H,22,23);1-10,15H,11-12H2. The maximum Gasteiger partial charge on any atom is 0.311 e. The molecule has 1 aliphatic heterocycles. The number of ketones is 1. The van der Waals surface area contributed by atoms with Crippen molar-refractivity contribution in [2.24, 2.45) is 5.41 Å². The second kappa shape index (κ2) is 13.2. The van der Waals surface area contributed by atoms with Crippen LogP contribution >= 0.6 is 0 Å². The molecule has 1 aliphatic rings. The molecule has 1 heterocycles. The molecule has 1 unspecified atom stereocenters. The van der Waals surface area contributed by atoms with Crippen LogP contribution < -0.4 is 10.2 Å². The van der Waals surface area contributed by atoms with E-state index in [-0.39, 0.29) is 13.1 Å². The van der Waals surface area contributed by atoms with Gasteiger partial charge in [-0.2, -0.15) is 0 Å². The molecule has 0 spiro atoms. The van der Waals surface area contributed by atoms with Gasteiger partial charge < -0.3 is 15.3 Å². The van der Waals surface area contributed by atoms with Crippen LogP contribution in [0.15, 0.2) is 66.7 Å². The quantitative estimate of drug-likeness (QED) is 0.156. The predicted octanol–water partition coefficient (Wildman–Crippen LogP) is 5.92. The van der Waals surface area contributed by atoms with E-state index in [4.69, 9.17) is 5.11 Å². The third-order valence-electron chi connectivity index (χ3n) is 6.29. The summed E-state index contributed by atoms with van der Waals surface area (Å²) in [5, 5.41) is 11.9. The number of rotatable bonds is 9. The molecule has 1 atom stereocenters. The van der Waals surface area contributed by atoms with Crippen LogP contribution in [-0.4, -0.2) is 36.6 Å². The zero-order chi connectivity index (χ0) is 27.7. The minimum absolute atomic E-state index is 0.0131. The van der Waals surface area contributed by atoms with Crippen molar-refractivity contribution in [1.29, 1.82) is 0 Å². The summed E-state index contributed by atoms with van der Waals surface area (Å²) in [6.45, 7) is 2.95. The fraction of sp³-hybridized carbons (Fsp3) is 0.310. The minimum Gasteiger partial charge on any atom is -0.481 e. The lowest BCUT2D eigenvalue weighted by Crippen LogP contribution is -2.28. The summed E-state index contributed by atoms with van der Waals surface area (Å²) in [6, 6.07) is 21.4. The highest BCUT2D eigenvalue weighted by atomic mass is 19.2. The highest BCUT2D eigenvalue weighted by molar-refractivity contribution is 6.05. The lowest BCUT2D eigenvalue weighted by atomic mass is 9.92. The van der Waals surface area contributed by atoms with E-state index in [1.807, 2.05) is 12.1 Å². The molecular weight excluding hydrogens is 500 g/mol. The maximum atomic E-state index is 14.2. The van der Waals surface area contributed by atoms with Gasteiger partial charge in [0.15, 0.2) is 17.4 Å². The molecule has 0 saturated carbocycles. The van der Waals surface area contributed by atoms with Crippen molar-refractivity contribution in [3.63, 3.8) is 0 Å². The fourth-order valence-corrected chi connectivity index (χ4v) is 4.18. The fourth-order valence-electron chi connectivity index (χ4n) is 4.18. The highest BCUT2D eigenvalue weighted by Crippen LogP contribution is 2.37. The first kappa shape index (κ1) is 28.8. The lowest BCUT2D eigenvalue weighted by Gasteiger charge is -2.24. The average Bonchev–Trinajstić information content (AvgIpc) is 3.29. The van der Waals surface area contributed by atoms with Gasteiger partial charge >= 0.3 is 5.97 Å². The minimum atomic E-state index is -1.60. The second-order valence-electron chi connectivity index (χ2n) is 9.57. The number of hydrogen-bond donors (Lipinski definition) is 2. The van der Waals surface area contributed by atoms with Crippen LogP contribution in [0.2, 0.25) is 0 Å². The number of aliphatic carboxylic acids is 1. The Morgan fingerprint density at radius 3 is 1.97 bits per heavy atom. The van der Waals surface area contributed by atoms with Crippen LogP contribution in [0.1, 0.15) is 41.3 Å². The van der Waals surface area contributed by atoms with Crippen LogP contribution in [0.3, 0.4) is 0 Å². The molecular formula is C29H30F4N2O3. The van der Waals surface area contributed by atoms with Gasteiger partial charge in [0.2, 0.25) is 0 Å². The van der Waals surface area contributed by atoms with Gasteiger partial charge in [-0.15, -0.1) is 0 Å². The summed E-state index contributed by atoms with van der Waals surface area (Å²) < 4.78 is 55.3. The van der Waals surface area contributed by atoms with Crippen molar-refractivity contribution in [3.05, 3.63) is 101 Å². The van der Waals surface area contributed by atoms with Crippen LogP contribution in [0, 0.1) is 22.9 Å². The molecule has 0 aromatic heterocycles. The zero-order valence-corrected chi connectivity index (χ0v) is 21.0. The second-order valence-corrected chi connectivity index (χ2v) is 9.57. The molecule has 9 heteroatoms.